The second-order valence-corrected chi connectivity index (χ2v) is 4.64. The number of hydrogen-bond acceptors (Lipinski definition) is 4. The lowest BCUT2D eigenvalue weighted by Gasteiger charge is -2.21. The Morgan fingerprint density at radius 1 is 1.50 bits per heavy atom. The molecule has 0 aliphatic rings. The molecular weight excluding hydrogens is 242 g/mol. The van der Waals surface area contributed by atoms with Crippen LogP contribution in [0.3, 0.4) is 0 Å². The van der Waals surface area contributed by atoms with Crippen molar-refractivity contribution in [3.8, 4) is 0 Å². The monoisotopic (exact) mass is 253 g/mol. The maximum Gasteiger partial charge on any atom is 0.0795 e. The van der Waals surface area contributed by atoms with E-state index in [9.17, 15) is 0 Å². The van der Waals surface area contributed by atoms with Crippen molar-refractivity contribution in [1.82, 2.24) is 4.98 Å². The molecule has 0 unspecified atom stereocenters. The van der Waals surface area contributed by atoms with Crippen molar-refractivity contribution in [2.24, 2.45) is 0 Å². The molecule has 1 heterocycles. The summed E-state index contributed by atoms with van der Waals surface area (Å²) in [5.41, 5.74) is 10.3. The van der Waals surface area contributed by atoms with Crippen molar-refractivity contribution in [2.75, 3.05) is 17.7 Å². The van der Waals surface area contributed by atoms with Crippen molar-refractivity contribution in [1.29, 1.82) is 0 Å². The molecule has 16 heavy (non-hydrogen) atoms. The molecule has 0 bridgehead atoms. The lowest BCUT2D eigenvalue weighted by molar-refractivity contribution is 0.896. The van der Waals surface area contributed by atoms with Crippen molar-refractivity contribution >= 4 is 34.3 Å². The van der Waals surface area contributed by atoms with Crippen LogP contribution in [-0.2, 0) is 6.54 Å². The molecule has 1 aromatic heterocycles. The molecule has 84 valence electrons. The highest BCUT2D eigenvalue weighted by Gasteiger charge is 2.10. The summed E-state index contributed by atoms with van der Waals surface area (Å²) in [6, 6.07) is 5.53. The van der Waals surface area contributed by atoms with Crippen molar-refractivity contribution in [3.63, 3.8) is 0 Å². The summed E-state index contributed by atoms with van der Waals surface area (Å²) >= 11 is 7.71. The van der Waals surface area contributed by atoms with E-state index in [4.69, 9.17) is 17.3 Å². The van der Waals surface area contributed by atoms with Crippen LogP contribution in [-0.4, -0.2) is 12.0 Å². The summed E-state index contributed by atoms with van der Waals surface area (Å²) in [7, 11) is 1.96. The van der Waals surface area contributed by atoms with Gasteiger partial charge in [-0.3, -0.25) is 0 Å². The molecule has 1 aromatic carbocycles. The Morgan fingerprint density at radius 2 is 2.31 bits per heavy atom. The third kappa shape index (κ3) is 2.28. The van der Waals surface area contributed by atoms with Crippen LogP contribution >= 0.6 is 22.9 Å². The molecule has 2 N–H and O–H groups in total. The molecule has 0 aliphatic carbocycles. The molecule has 2 aromatic rings. The number of benzene rings is 1. The molecule has 0 spiro atoms. The largest absolute Gasteiger partial charge is 0.397 e. The molecule has 0 radical (unpaired) electrons. The molecule has 5 heteroatoms. The molecule has 0 aliphatic heterocycles. The number of nitrogens with two attached hydrogens (primary N) is 1. The van der Waals surface area contributed by atoms with Crippen LogP contribution in [0.2, 0.25) is 5.02 Å². The Balaban J connectivity index is 2.24. The first-order chi connectivity index (χ1) is 7.68. The molecule has 0 fully saturated rings. The van der Waals surface area contributed by atoms with Gasteiger partial charge < -0.3 is 10.6 Å². The van der Waals surface area contributed by atoms with Crippen molar-refractivity contribution in [2.45, 2.75) is 6.54 Å². The third-order valence-electron chi connectivity index (χ3n) is 2.28. The summed E-state index contributed by atoms with van der Waals surface area (Å²) in [6.07, 6.45) is 0. The minimum absolute atomic E-state index is 0.665. The Hall–Kier alpha value is -1.26. The van der Waals surface area contributed by atoms with E-state index >= 15 is 0 Å². The third-order valence-corrected chi connectivity index (χ3v) is 3.22. The van der Waals surface area contributed by atoms with Gasteiger partial charge in [-0.25, -0.2) is 4.98 Å². The van der Waals surface area contributed by atoms with Crippen molar-refractivity contribution in [3.05, 3.63) is 39.8 Å². The van der Waals surface area contributed by atoms with Gasteiger partial charge in [0.1, 0.15) is 0 Å². The van der Waals surface area contributed by atoms with E-state index in [1.165, 1.54) is 0 Å². The highest BCUT2D eigenvalue weighted by Crippen LogP contribution is 2.31. The molecular formula is C11H12ClN3S. The van der Waals surface area contributed by atoms with Gasteiger partial charge in [0.15, 0.2) is 0 Å². The summed E-state index contributed by atoms with van der Waals surface area (Å²) in [6.45, 7) is 0.706. The van der Waals surface area contributed by atoms with E-state index in [1.54, 1.807) is 11.3 Å². The highest BCUT2D eigenvalue weighted by molar-refractivity contribution is 7.07. The van der Waals surface area contributed by atoms with Gasteiger partial charge in [0.2, 0.25) is 0 Å². The molecule has 3 nitrogen and oxygen atoms in total. The summed E-state index contributed by atoms with van der Waals surface area (Å²) in [5, 5.41) is 2.68. The topological polar surface area (TPSA) is 42.2 Å². The minimum atomic E-state index is 0.665. The number of nitrogens with zero attached hydrogens (tertiary/aromatic N) is 2. The first kappa shape index (κ1) is 11.2. The zero-order valence-electron chi connectivity index (χ0n) is 8.85. The smallest absolute Gasteiger partial charge is 0.0795 e. The van der Waals surface area contributed by atoms with Gasteiger partial charge in [-0.15, -0.1) is 11.3 Å². The molecule has 0 amide bonds. The quantitative estimate of drug-likeness (QED) is 0.855. The summed E-state index contributed by atoms with van der Waals surface area (Å²) in [5.74, 6) is 0. The Labute approximate surface area is 103 Å². The zero-order chi connectivity index (χ0) is 11.5. The SMILES string of the molecule is CN(Cc1cscn1)c1c(N)cccc1Cl. The predicted molar refractivity (Wildman–Crippen MR) is 70.1 cm³/mol. The van der Waals surface area contributed by atoms with Crippen LogP contribution in [0.5, 0.6) is 0 Å². The van der Waals surface area contributed by atoms with Crippen molar-refractivity contribution < 1.29 is 0 Å². The fraction of sp³-hybridized carbons (Fsp3) is 0.182. The standard InChI is InChI=1S/C11H12ClN3S/c1-15(5-8-6-16-7-14-8)11-9(12)3-2-4-10(11)13/h2-4,6-7H,5,13H2,1H3. The maximum atomic E-state index is 6.13. The first-order valence-corrected chi connectivity index (χ1v) is 6.12. The van der Waals surface area contributed by atoms with Gasteiger partial charge in [0, 0.05) is 12.4 Å². The van der Waals surface area contributed by atoms with Crippen LogP contribution in [0.1, 0.15) is 5.69 Å². The summed E-state index contributed by atoms with van der Waals surface area (Å²) < 4.78 is 0. The van der Waals surface area contributed by atoms with Gasteiger partial charge in [-0.1, -0.05) is 17.7 Å². The van der Waals surface area contributed by atoms with Crippen LogP contribution in [0.4, 0.5) is 11.4 Å². The van der Waals surface area contributed by atoms with Crippen LogP contribution < -0.4 is 10.6 Å². The van der Waals surface area contributed by atoms with Gasteiger partial charge >= 0.3 is 0 Å². The molecule has 0 atom stereocenters. The van der Waals surface area contributed by atoms with E-state index in [1.807, 2.05) is 41.0 Å². The lowest BCUT2D eigenvalue weighted by Crippen LogP contribution is -2.18. The van der Waals surface area contributed by atoms with Gasteiger partial charge in [-0.05, 0) is 12.1 Å². The average Bonchev–Trinajstić information content (AvgIpc) is 2.70. The maximum absolute atomic E-state index is 6.13. The first-order valence-electron chi connectivity index (χ1n) is 4.80. The molecule has 2 rings (SSSR count). The van der Waals surface area contributed by atoms with E-state index in [0.29, 0.717) is 17.3 Å². The summed E-state index contributed by atoms with van der Waals surface area (Å²) in [4.78, 5) is 6.24. The van der Waals surface area contributed by atoms with Crippen LogP contribution in [0, 0.1) is 0 Å². The van der Waals surface area contributed by atoms with Gasteiger partial charge in [-0.2, -0.15) is 0 Å². The Morgan fingerprint density at radius 3 is 2.94 bits per heavy atom. The Kier molecular flexibility index (Phi) is 3.31. The predicted octanol–water partition coefficient (Wildman–Crippen LogP) is 3.02. The normalized spacial score (nSPS) is 10.4. The number of thiazole rings is 1. The van der Waals surface area contributed by atoms with E-state index in [-0.39, 0.29) is 0 Å². The fourth-order valence-corrected chi connectivity index (χ4v) is 2.45. The minimum Gasteiger partial charge on any atom is -0.397 e. The van der Waals surface area contributed by atoms with Crippen LogP contribution in [0.15, 0.2) is 29.1 Å². The number of para-hydroxylation sites is 1. The number of anilines is 2. The lowest BCUT2D eigenvalue weighted by atomic mass is 10.2. The number of nitrogen functional groups attached to an aromatic ring is 1. The van der Waals surface area contributed by atoms with Crippen LogP contribution in [0.25, 0.3) is 0 Å². The van der Waals surface area contributed by atoms with E-state index in [2.05, 4.69) is 4.98 Å². The number of aromatic nitrogens is 1. The number of rotatable bonds is 3. The second kappa shape index (κ2) is 4.72. The van der Waals surface area contributed by atoms with E-state index < -0.39 is 0 Å². The Bertz CT molecular complexity index is 450. The number of halogens is 1. The van der Waals surface area contributed by atoms with E-state index in [0.717, 1.165) is 11.4 Å². The zero-order valence-corrected chi connectivity index (χ0v) is 10.4. The average molecular weight is 254 g/mol. The molecule has 0 saturated heterocycles. The van der Waals surface area contributed by atoms with Gasteiger partial charge in [0.05, 0.1) is 34.1 Å². The fourth-order valence-electron chi connectivity index (χ4n) is 1.57. The second-order valence-electron chi connectivity index (χ2n) is 3.51. The highest BCUT2D eigenvalue weighted by atomic mass is 35.5. The number of hydrogen-bond donors (Lipinski definition) is 1. The van der Waals surface area contributed by atoms with Gasteiger partial charge in [0.25, 0.3) is 0 Å². The molecule has 0 saturated carbocycles.